The third kappa shape index (κ3) is 1.01. The summed E-state index contributed by atoms with van der Waals surface area (Å²) in [6.07, 6.45) is 3.03. The Morgan fingerprint density at radius 1 is 1.64 bits per heavy atom. The molecule has 1 heterocycles. The van der Waals surface area contributed by atoms with Gasteiger partial charge in [-0.2, -0.15) is 0 Å². The lowest BCUT2D eigenvalue weighted by Crippen LogP contribution is -2.05. The average molecular weight is 152 g/mol. The van der Waals surface area contributed by atoms with Crippen molar-refractivity contribution in [3.05, 3.63) is 29.3 Å². The van der Waals surface area contributed by atoms with Crippen molar-refractivity contribution in [1.82, 2.24) is 4.98 Å². The van der Waals surface area contributed by atoms with Crippen LogP contribution in [0.15, 0.2) is 12.3 Å². The fraction of sp³-hybridized carbons (Fsp3) is 0.375. The van der Waals surface area contributed by atoms with Crippen molar-refractivity contribution in [2.24, 2.45) is 5.73 Å². The fourth-order valence-electron chi connectivity index (χ4n) is 1.46. The van der Waals surface area contributed by atoms with Crippen molar-refractivity contribution in [2.45, 2.75) is 18.9 Å². The number of hydrogen-bond donors (Lipinski definition) is 1. The van der Waals surface area contributed by atoms with Gasteiger partial charge in [-0.15, -0.1) is 0 Å². The van der Waals surface area contributed by atoms with Gasteiger partial charge < -0.3 is 5.73 Å². The van der Waals surface area contributed by atoms with E-state index in [2.05, 4.69) is 4.98 Å². The number of fused-ring (bicyclic) bond motifs is 1. The molecule has 0 aromatic carbocycles. The third-order valence-electron chi connectivity index (χ3n) is 2.06. The molecule has 58 valence electrons. The molecule has 1 atom stereocenters. The van der Waals surface area contributed by atoms with Gasteiger partial charge in [0.1, 0.15) is 5.82 Å². The molecule has 0 saturated carbocycles. The molecular formula is C8H9FN2. The van der Waals surface area contributed by atoms with Crippen LogP contribution in [-0.4, -0.2) is 4.98 Å². The van der Waals surface area contributed by atoms with E-state index in [9.17, 15) is 4.39 Å². The average Bonchev–Trinajstić information content (AvgIpc) is 2.33. The number of halogens is 1. The maximum absolute atomic E-state index is 12.6. The van der Waals surface area contributed by atoms with E-state index in [0.717, 1.165) is 24.1 Å². The number of nitrogens with two attached hydrogens (primary N) is 1. The second-order valence-corrected chi connectivity index (χ2v) is 2.83. The summed E-state index contributed by atoms with van der Waals surface area (Å²) in [5, 5.41) is 0. The zero-order valence-corrected chi connectivity index (χ0v) is 6.05. The molecule has 1 aliphatic rings. The second-order valence-electron chi connectivity index (χ2n) is 2.83. The maximum atomic E-state index is 12.6. The number of aryl methyl sites for hydroxylation is 1. The van der Waals surface area contributed by atoms with Crippen LogP contribution in [-0.2, 0) is 6.42 Å². The smallest absolute Gasteiger partial charge is 0.141 e. The Morgan fingerprint density at radius 2 is 2.45 bits per heavy atom. The lowest BCUT2D eigenvalue weighted by Gasteiger charge is -2.02. The highest BCUT2D eigenvalue weighted by atomic mass is 19.1. The van der Waals surface area contributed by atoms with E-state index < -0.39 is 0 Å². The standard InChI is InChI=1S/C8H9FN2/c9-5-3-6-7(10)1-2-8(6)11-4-5/h3-4,7H,1-2,10H2/t7-/m0/s1. The molecule has 0 fully saturated rings. The van der Waals surface area contributed by atoms with Crippen LogP contribution in [0.5, 0.6) is 0 Å². The van der Waals surface area contributed by atoms with Gasteiger partial charge >= 0.3 is 0 Å². The summed E-state index contributed by atoms with van der Waals surface area (Å²) < 4.78 is 12.6. The van der Waals surface area contributed by atoms with E-state index in [1.54, 1.807) is 0 Å². The molecule has 0 bridgehead atoms. The molecule has 3 heteroatoms. The van der Waals surface area contributed by atoms with Crippen LogP contribution in [0.3, 0.4) is 0 Å². The SMILES string of the molecule is N[C@H]1CCc2ncc(F)cc21. The summed E-state index contributed by atoms with van der Waals surface area (Å²) in [5.41, 5.74) is 7.55. The molecule has 1 aromatic rings. The minimum atomic E-state index is -0.291. The number of aromatic nitrogens is 1. The van der Waals surface area contributed by atoms with Crippen molar-refractivity contribution in [3.8, 4) is 0 Å². The normalized spacial score (nSPS) is 21.8. The van der Waals surface area contributed by atoms with Crippen molar-refractivity contribution < 1.29 is 4.39 Å². The zero-order valence-electron chi connectivity index (χ0n) is 6.05. The van der Waals surface area contributed by atoms with Gasteiger partial charge in [0.2, 0.25) is 0 Å². The van der Waals surface area contributed by atoms with Crippen molar-refractivity contribution in [3.63, 3.8) is 0 Å². The van der Waals surface area contributed by atoms with Crippen molar-refractivity contribution in [2.75, 3.05) is 0 Å². The lowest BCUT2D eigenvalue weighted by molar-refractivity contribution is 0.615. The Morgan fingerprint density at radius 3 is 3.27 bits per heavy atom. The van der Waals surface area contributed by atoms with Gasteiger partial charge in [-0.3, -0.25) is 4.98 Å². The summed E-state index contributed by atoms with van der Waals surface area (Å²) in [7, 11) is 0. The first-order valence-electron chi connectivity index (χ1n) is 3.67. The Labute approximate surface area is 64.2 Å². The van der Waals surface area contributed by atoms with Gasteiger partial charge in [-0.25, -0.2) is 4.39 Å². The third-order valence-corrected chi connectivity index (χ3v) is 2.06. The molecule has 2 N–H and O–H groups in total. The van der Waals surface area contributed by atoms with Gasteiger partial charge in [0.05, 0.1) is 6.20 Å². The Balaban J connectivity index is 2.52. The molecule has 0 amide bonds. The quantitative estimate of drug-likeness (QED) is 0.606. The first kappa shape index (κ1) is 6.73. The van der Waals surface area contributed by atoms with Crippen LogP contribution in [0, 0.1) is 5.82 Å². The fourth-order valence-corrected chi connectivity index (χ4v) is 1.46. The molecule has 0 radical (unpaired) electrons. The van der Waals surface area contributed by atoms with Crippen molar-refractivity contribution >= 4 is 0 Å². The van der Waals surface area contributed by atoms with E-state index >= 15 is 0 Å². The summed E-state index contributed by atoms with van der Waals surface area (Å²) in [6.45, 7) is 0. The molecule has 1 aromatic heterocycles. The molecule has 0 aliphatic heterocycles. The number of nitrogens with zero attached hydrogens (tertiary/aromatic N) is 1. The predicted octanol–water partition coefficient (Wildman–Crippen LogP) is 1.17. The number of pyridine rings is 1. The van der Waals surface area contributed by atoms with Gasteiger partial charge in [-0.05, 0) is 24.5 Å². The first-order valence-corrected chi connectivity index (χ1v) is 3.67. The minimum Gasteiger partial charge on any atom is -0.324 e. The van der Waals surface area contributed by atoms with E-state index in [0.29, 0.717) is 0 Å². The lowest BCUT2D eigenvalue weighted by atomic mass is 10.2. The van der Waals surface area contributed by atoms with Gasteiger partial charge in [0.25, 0.3) is 0 Å². The largest absolute Gasteiger partial charge is 0.324 e. The molecule has 1 aliphatic carbocycles. The Kier molecular flexibility index (Phi) is 1.39. The molecule has 0 unspecified atom stereocenters. The highest BCUT2D eigenvalue weighted by Crippen LogP contribution is 2.27. The number of rotatable bonds is 0. The summed E-state index contributed by atoms with van der Waals surface area (Å²) >= 11 is 0. The number of hydrogen-bond acceptors (Lipinski definition) is 2. The van der Waals surface area contributed by atoms with Crippen LogP contribution in [0.25, 0.3) is 0 Å². The van der Waals surface area contributed by atoms with E-state index in [1.165, 1.54) is 12.3 Å². The highest BCUT2D eigenvalue weighted by Gasteiger charge is 2.20. The van der Waals surface area contributed by atoms with E-state index in [1.807, 2.05) is 0 Å². The summed E-state index contributed by atoms with van der Waals surface area (Å²) in [5.74, 6) is -0.291. The Bertz CT molecular complexity index is 285. The molecular weight excluding hydrogens is 143 g/mol. The van der Waals surface area contributed by atoms with E-state index in [4.69, 9.17) is 5.73 Å². The first-order chi connectivity index (χ1) is 5.27. The summed E-state index contributed by atoms with van der Waals surface area (Å²) in [6, 6.07) is 1.48. The molecule has 11 heavy (non-hydrogen) atoms. The predicted molar refractivity (Wildman–Crippen MR) is 39.4 cm³/mol. The van der Waals surface area contributed by atoms with E-state index in [-0.39, 0.29) is 11.9 Å². The molecule has 2 nitrogen and oxygen atoms in total. The van der Waals surface area contributed by atoms with Crippen molar-refractivity contribution in [1.29, 1.82) is 0 Å². The van der Waals surface area contributed by atoms with Crippen LogP contribution < -0.4 is 5.73 Å². The monoisotopic (exact) mass is 152 g/mol. The molecule has 0 saturated heterocycles. The Hall–Kier alpha value is -0.960. The molecule has 2 rings (SSSR count). The second kappa shape index (κ2) is 2.27. The van der Waals surface area contributed by atoms with Gasteiger partial charge in [-0.1, -0.05) is 0 Å². The molecule has 0 spiro atoms. The van der Waals surface area contributed by atoms with Crippen LogP contribution in [0.1, 0.15) is 23.7 Å². The highest BCUT2D eigenvalue weighted by molar-refractivity contribution is 5.28. The van der Waals surface area contributed by atoms with Crippen LogP contribution in [0.4, 0.5) is 4.39 Å². The maximum Gasteiger partial charge on any atom is 0.141 e. The topological polar surface area (TPSA) is 38.9 Å². The van der Waals surface area contributed by atoms with Crippen LogP contribution >= 0.6 is 0 Å². The minimum absolute atomic E-state index is 0.00630. The summed E-state index contributed by atoms with van der Waals surface area (Å²) in [4.78, 5) is 3.95. The van der Waals surface area contributed by atoms with Crippen LogP contribution in [0.2, 0.25) is 0 Å². The van der Waals surface area contributed by atoms with Gasteiger partial charge in [0.15, 0.2) is 0 Å². The zero-order chi connectivity index (χ0) is 7.84. The van der Waals surface area contributed by atoms with Gasteiger partial charge in [0, 0.05) is 11.7 Å².